The van der Waals surface area contributed by atoms with Gasteiger partial charge in [-0.05, 0) is 26.3 Å². The number of aromatic nitrogens is 1. The Kier molecular flexibility index (Phi) is 5.83. The molecule has 120 valence electrons. The number of hydrogen-bond acceptors (Lipinski definition) is 4. The summed E-state index contributed by atoms with van der Waals surface area (Å²) in [4.78, 5) is 12.3. The van der Waals surface area contributed by atoms with Gasteiger partial charge in [0.2, 0.25) is 0 Å². The van der Waals surface area contributed by atoms with E-state index in [0.29, 0.717) is 13.2 Å². The van der Waals surface area contributed by atoms with Gasteiger partial charge in [-0.3, -0.25) is 4.79 Å². The van der Waals surface area contributed by atoms with Gasteiger partial charge in [-0.2, -0.15) is 0 Å². The van der Waals surface area contributed by atoms with Crippen molar-refractivity contribution in [1.82, 2.24) is 9.88 Å². The topological polar surface area (TPSA) is 77.4 Å². The highest BCUT2D eigenvalue weighted by molar-refractivity contribution is 8.13. The third-order valence-corrected chi connectivity index (χ3v) is 4.13. The molecule has 1 amide bonds. The number of nitrogens with zero attached hydrogens (tertiary/aromatic N) is 1. The third-order valence-electron chi connectivity index (χ3n) is 2.81. The lowest BCUT2D eigenvalue weighted by Crippen LogP contribution is -2.47. The van der Waals surface area contributed by atoms with Crippen LogP contribution in [0.15, 0.2) is 17.2 Å². The van der Waals surface area contributed by atoms with E-state index in [2.05, 4.69) is 5.32 Å². The van der Waals surface area contributed by atoms with Crippen molar-refractivity contribution < 1.29 is 17.9 Å². The fraction of sp³-hybridized carbons (Fsp3) is 0.615. The molecule has 8 heteroatoms. The maximum atomic E-state index is 12.3. The van der Waals surface area contributed by atoms with Crippen molar-refractivity contribution in [2.75, 3.05) is 13.7 Å². The van der Waals surface area contributed by atoms with Crippen molar-refractivity contribution in [2.45, 2.75) is 44.2 Å². The second-order valence-electron chi connectivity index (χ2n) is 5.46. The SMILES string of the molecule is CCCn1cc(S(=O)(=O)Cl)cc1C(=O)NC(C)(C)COC. The van der Waals surface area contributed by atoms with E-state index in [-0.39, 0.29) is 16.5 Å². The summed E-state index contributed by atoms with van der Waals surface area (Å²) in [5, 5.41) is 2.81. The molecule has 0 fully saturated rings. The quantitative estimate of drug-likeness (QED) is 0.772. The Bertz CT molecular complexity index is 608. The minimum absolute atomic E-state index is 0.0766. The van der Waals surface area contributed by atoms with Crippen LogP contribution < -0.4 is 5.32 Å². The molecule has 0 aliphatic heterocycles. The smallest absolute Gasteiger partial charge is 0.268 e. The zero-order valence-electron chi connectivity index (χ0n) is 12.6. The Morgan fingerprint density at radius 3 is 2.57 bits per heavy atom. The van der Waals surface area contributed by atoms with Crippen LogP contribution in [-0.2, 0) is 20.3 Å². The molecule has 1 aromatic heterocycles. The number of nitrogens with one attached hydrogen (secondary N) is 1. The number of methoxy groups -OCH3 is 1. The van der Waals surface area contributed by atoms with Gasteiger partial charge in [0.15, 0.2) is 0 Å². The molecule has 1 heterocycles. The normalized spacial score (nSPS) is 12.4. The summed E-state index contributed by atoms with van der Waals surface area (Å²) < 4.78 is 29.5. The number of amides is 1. The molecule has 0 unspecified atom stereocenters. The average Bonchev–Trinajstić information content (AvgIpc) is 2.72. The Labute approximate surface area is 129 Å². The second-order valence-corrected chi connectivity index (χ2v) is 8.03. The molecule has 0 spiro atoms. The monoisotopic (exact) mass is 336 g/mol. The van der Waals surface area contributed by atoms with Crippen LogP contribution in [0.1, 0.15) is 37.7 Å². The van der Waals surface area contributed by atoms with Gasteiger partial charge in [-0.25, -0.2) is 8.42 Å². The van der Waals surface area contributed by atoms with E-state index in [1.165, 1.54) is 12.3 Å². The Hall–Kier alpha value is -1.05. The van der Waals surface area contributed by atoms with Gasteiger partial charge >= 0.3 is 0 Å². The Balaban J connectivity index is 3.10. The molecule has 21 heavy (non-hydrogen) atoms. The lowest BCUT2D eigenvalue weighted by Gasteiger charge is -2.25. The minimum atomic E-state index is -3.86. The number of carbonyl (C=O) groups is 1. The molecule has 0 saturated carbocycles. The molecule has 1 rings (SSSR count). The van der Waals surface area contributed by atoms with Crippen LogP contribution in [0.4, 0.5) is 0 Å². The lowest BCUT2D eigenvalue weighted by molar-refractivity contribution is 0.0811. The van der Waals surface area contributed by atoms with Crippen LogP contribution in [0.25, 0.3) is 0 Å². The van der Waals surface area contributed by atoms with Crippen LogP contribution >= 0.6 is 10.7 Å². The van der Waals surface area contributed by atoms with Gasteiger partial charge < -0.3 is 14.6 Å². The van der Waals surface area contributed by atoms with E-state index < -0.39 is 14.6 Å². The number of aryl methyl sites for hydroxylation is 1. The molecule has 0 radical (unpaired) electrons. The summed E-state index contributed by atoms with van der Waals surface area (Å²) in [7, 11) is 3.02. The molecule has 0 bridgehead atoms. The van der Waals surface area contributed by atoms with Gasteiger partial charge in [0.05, 0.1) is 12.1 Å². The zero-order chi connectivity index (χ0) is 16.3. The van der Waals surface area contributed by atoms with Crippen molar-refractivity contribution >= 4 is 25.6 Å². The summed E-state index contributed by atoms with van der Waals surface area (Å²) >= 11 is 0. The third kappa shape index (κ3) is 5.01. The minimum Gasteiger partial charge on any atom is -0.382 e. The van der Waals surface area contributed by atoms with Crippen molar-refractivity contribution in [2.24, 2.45) is 0 Å². The average molecular weight is 337 g/mol. The van der Waals surface area contributed by atoms with Crippen LogP contribution in [0.3, 0.4) is 0 Å². The summed E-state index contributed by atoms with van der Waals surface area (Å²) in [5.41, 5.74) is -0.298. The van der Waals surface area contributed by atoms with Crippen molar-refractivity contribution in [1.29, 1.82) is 0 Å². The largest absolute Gasteiger partial charge is 0.382 e. The summed E-state index contributed by atoms with van der Waals surface area (Å²) in [6.45, 7) is 6.45. The van der Waals surface area contributed by atoms with Crippen LogP contribution in [0, 0.1) is 0 Å². The first kappa shape index (κ1) is 18.0. The first-order valence-electron chi connectivity index (χ1n) is 6.57. The number of carbonyl (C=O) groups excluding carboxylic acids is 1. The molecule has 1 aromatic rings. The van der Waals surface area contributed by atoms with Gasteiger partial charge in [-0.1, -0.05) is 6.92 Å². The van der Waals surface area contributed by atoms with E-state index in [0.717, 1.165) is 6.42 Å². The number of rotatable bonds is 7. The predicted octanol–water partition coefficient (Wildman–Crippen LogP) is 1.98. The Morgan fingerprint density at radius 2 is 2.10 bits per heavy atom. The fourth-order valence-corrected chi connectivity index (χ4v) is 2.76. The second kappa shape index (κ2) is 6.81. The number of halogens is 1. The van der Waals surface area contributed by atoms with E-state index in [4.69, 9.17) is 15.4 Å². The molecule has 1 N–H and O–H groups in total. The molecule has 6 nitrogen and oxygen atoms in total. The van der Waals surface area contributed by atoms with Crippen LogP contribution in [0.5, 0.6) is 0 Å². The van der Waals surface area contributed by atoms with Crippen molar-refractivity contribution in [3.05, 3.63) is 18.0 Å². The summed E-state index contributed by atoms with van der Waals surface area (Å²) in [6, 6.07) is 1.29. The number of ether oxygens (including phenoxy) is 1. The predicted molar refractivity (Wildman–Crippen MR) is 81.2 cm³/mol. The molecular weight excluding hydrogens is 316 g/mol. The van der Waals surface area contributed by atoms with Gasteiger partial charge in [0.1, 0.15) is 10.6 Å². The maximum Gasteiger partial charge on any atom is 0.268 e. The van der Waals surface area contributed by atoms with Crippen LogP contribution in [-0.4, -0.2) is 38.1 Å². The van der Waals surface area contributed by atoms with E-state index >= 15 is 0 Å². The van der Waals surface area contributed by atoms with E-state index in [9.17, 15) is 13.2 Å². The highest BCUT2D eigenvalue weighted by Gasteiger charge is 2.25. The maximum absolute atomic E-state index is 12.3. The first-order chi connectivity index (χ1) is 9.60. The molecule has 0 aromatic carbocycles. The molecule has 0 saturated heterocycles. The summed E-state index contributed by atoms with van der Waals surface area (Å²) in [6.07, 6.45) is 2.14. The highest BCUT2D eigenvalue weighted by atomic mass is 35.7. The first-order valence-corrected chi connectivity index (χ1v) is 8.88. The standard InChI is InChI=1S/C13H21ClN2O4S/c1-5-6-16-8-10(21(14,18)19)7-11(16)12(17)15-13(2,3)9-20-4/h7-8H,5-6,9H2,1-4H3,(H,15,17). The van der Waals surface area contributed by atoms with E-state index in [1.807, 2.05) is 20.8 Å². The van der Waals surface area contributed by atoms with Gasteiger partial charge in [0.25, 0.3) is 15.0 Å². The zero-order valence-corrected chi connectivity index (χ0v) is 14.2. The van der Waals surface area contributed by atoms with Gasteiger partial charge in [-0.15, -0.1) is 0 Å². The van der Waals surface area contributed by atoms with Gasteiger partial charge in [0, 0.05) is 30.5 Å². The lowest BCUT2D eigenvalue weighted by atomic mass is 10.1. The summed E-state index contributed by atoms with van der Waals surface area (Å²) in [5.74, 6) is -0.364. The van der Waals surface area contributed by atoms with Crippen molar-refractivity contribution in [3.63, 3.8) is 0 Å². The van der Waals surface area contributed by atoms with E-state index in [1.54, 1.807) is 11.7 Å². The molecule has 0 aliphatic carbocycles. The van der Waals surface area contributed by atoms with Crippen LogP contribution in [0.2, 0.25) is 0 Å². The highest BCUT2D eigenvalue weighted by Crippen LogP contribution is 2.19. The fourth-order valence-electron chi connectivity index (χ4n) is 2.00. The molecular formula is C13H21ClN2O4S. The molecule has 0 aliphatic rings. The Morgan fingerprint density at radius 1 is 1.48 bits per heavy atom. The molecule has 0 atom stereocenters. The number of hydrogen-bond donors (Lipinski definition) is 1. The van der Waals surface area contributed by atoms with Crippen molar-refractivity contribution in [3.8, 4) is 0 Å².